The van der Waals surface area contributed by atoms with Crippen molar-refractivity contribution in [3.05, 3.63) is 72.3 Å². The molecule has 1 N–H and O–H groups in total. The number of aromatic nitrogens is 3. The third-order valence-corrected chi connectivity index (χ3v) is 4.68. The van der Waals surface area contributed by atoms with Crippen LogP contribution in [0.2, 0.25) is 0 Å². The van der Waals surface area contributed by atoms with Gasteiger partial charge in [0.25, 0.3) is 0 Å². The maximum Gasteiger partial charge on any atom is 0.126 e. The number of aromatic hydroxyl groups is 1. The highest BCUT2D eigenvalue weighted by atomic mass is 16.3. The second kappa shape index (κ2) is 5.05. The molecule has 0 atom stereocenters. The van der Waals surface area contributed by atoms with Gasteiger partial charge in [0, 0.05) is 10.8 Å². The molecule has 1 aromatic heterocycles. The minimum absolute atomic E-state index is 0.327. The molecule has 0 fully saturated rings. The van der Waals surface area contributed by atoms with Crippen LogP contribution in [0.15, 0.2) is 66.7 Å². The van der Waals surface area contributed by atoms with E-state index in [1.54, 1.807) is 4.80 Å². The van der Waals surface area contributed by atoms with Gasteiger partial charge in [0.1, 0.15) is 16.8 Å². The number of nitrogens with zero attached hydrogens (tertiary/aromatic N) is 3. The van der Waals surface area contributed by atoms with Crippen molar-refractivity contribution >= 4 is 32.6 Å². The van der Waals surface area contributed by atoms with Gasteiger partial charge < -0.3 is 5.11 Å². The number of aryl methyl sites for hydroxylation is 1. The molecule has 0 amide bonds. The van der Waals surface area contributed by atoms with Crippen LogP contribution in [0.5, 0.6) is 5.75 Å². The maximum atomic E-state index is 10.2. The Hall–Kier alpha value is -3.40. The molecule has 0 unspecified atom stereocenters. The van der Waals surface area contributed by atoms with Crippen molar-refractivity contribution in [2.45, 2.75) is 6.92 Å². The molecule has 0 spiro atoms. The zero-order valence-corrected chi connectivity index (χ0v) is 13.6. The van der Waals surface area contributed by atoms with Gasteiger partial charge >= 0.3 is 0 Å². The largest absolute Gasteiger partial charge is 0.507 e. The molecular weight excluding hydrogens is 310 g/mol. The summed E-state index contributed by atoms with van der Waals surface area (Å²) >= 11 is 0. The average molecular weight is 325 g/mol. The second-order valence-corrected chi connectivity index (χ2v) is 6.28. The summed E-state index contributed by atoms with van der Waals surface area (Å²) in [5, 5.41) is 23.6. The fourth-order valence-electron chi connectivity index (χ4n) is 3.30. The Bertz CT molecular complexity index is 1270. The van der Waals surface area contributed by atoms with Crippen molar-refractivity contribution in [3.8, 4) is 11.4 Å². The van der Waals surface area contributed by atoms with Crippen LogP contribution in [0, 0.1) is 6.92 Å². The second-order valence-electron chi connectivity index (χ2n) is 6.28. The van der Waals surface area contributed by atoms with Gasteiger partial charge in [-0.15, -0.1) is 10.2 Å². The van der Waals surface area contributed by atoms with Crippen LogP contribution >= 0.6 is 0 Å². The van der Waals surface area contributed by atoms with Crippen molar-refractivity contribution in [2.24, 2.45) is 0 Å². The zero-order chi connectivity index (χ0) is 17.0. The van der Waals surface area contributed by atoms with Gasteiger partial charge in [-0.1, -0.05) is 42.5 Å². The standard InChI is InChI=1S/C21H15N3O/c1-13-6-7-15-12-16(9-10-18(15)21(13)25)24-22-19-11-8-14-4-2-3-5-17(14)20(19)23-24/h2-12,25H,1H3. The molecule has 0 saturated heterocycles. The van der Waals surface area contributed by atoms with Crippen LogP contribution < -0.4 is 0 Å². The highest BCUT2D eigenvalue weighted by Crippen LogP contribution is 2.30. The summed E-state index contributed by atoms with van der Waals surface area (Å²) in [6.07, 6.45) is 0. The van der Waals surface area contributed by atoms with Crippen molar-refractivity contribution in [1.29, 1.82) is 0 Å². The zero-order valence-electron chi connectivity index (χ0n) is 13.6. The molecule has 5 rings (SSSR count). The van der Waals surface area contributed by atoms with E-state index in [1.165, 1.54) is 0 Å². The summed E-state index contributed by atoms with van der Waals surface area (Å²) in [5.74, 6) is 0.327. The van der Waals surface area contributed by atoms with Crippen molar-refractivity contribution in [2.75, 3.05) is 0 Å². The summed E-state index contributed by atoms with van der Waals surface area (Å²) in [7, 11) is 0. The summed E-state index contributed by atoms with van der Waals surface area (Å²) < 4.78 is 0. The highest BCUT2D eigenvalue weighted by molar-refractivity contribution is 6.03. The Morgan fingerprint density at radius 3 is 2.56 bits per heavy atom. The lowest BCUT2D eigenvalue weighted by Gasteiger charge is -2.06. The van der Waals surface area contributed by atoms with Crippen molar-refractivity contribution in [1.82, 2.24) is 15.0 Å². The van der Waals surface area contributed by atoms with Gasteiger partial charge in [0.15, 0.2) is 0 Å². The molecule has 5 aromatic rings. The first-order valence-corrected chi connectivity index (χ1v) is 8.18. The Balaban J connectivity index is 1.74. The lowest BCUT2D eigenvalue weighted by atomic mass is 10.1. The molecule has 0 aliphatic carbocycles. The number of phenols is 1. The number of hydrogen-bond donors (Lipinski definition) is 1. The molecule has 0 bridgehead atoms. The first-order chi connectivity index (χ1) is 12.2. The molecule has 120 valence electrons. The van der Waals surface area contributed by atoms with E-state index in [2.05, 4.69) is 23.3 Å². The molecule has 1 heterocycles. The van der Waals surface area contributed by atoms with Crippen LogP contribution in [0.3, 0.4) is 0 Å². The van der Waals surface area contributed by atoms with Gasteiger partial charge in [-0.05, 0) is 47.5 Å². The SMILES string of the molecule is Cc1ccc2cc(-n3nc4ccc5ccccc5c4n3)ccc2c1O. The number of rotatable bonds is 1. The lowest BCUT2D eigenvalue weighted by molar-refractivity contribution is 0.477. The van der Waals surface area contributed by atoms with Gasteiger partial charge in [-0.25, -0.2) is 0 Å². The van der Waals surface area contributed by atoms with Gasteiger partial charge in [0.2, 0.25) is 0 Å². The highest BCUT2D eigenvalue weighted by Gasteiger charge is 2.10. The molecule has 0 radical (unpaired) electrons. The number of benzene rings is 4. The Labute approximate surface area is 143 Å². The van der Waals surface area contributed by atoms with E-state index in [0.717, 1.165) is 43.8 Å². The molecule has 25 heavy (non-hydrogen) atoms. The molecule has 4 nitrogen and oxygen atoms in total. The van der Waals surface area contributed by atoms with E-state index in [1.807, 2.05) is 55.5 Å². The molecule has 4 aromatic carbocycles. The molecule has 0 aliphatic heterocycles. The predicted octanol–water partition coefficient (Wildman–Crippen LogP) is 4.74. The maximum absolute atomic E-state index is 10.2. The number of fused-ring (bicyclic) bond motifs is 4. The topological polar surface area (TPSA) is 50.9 Å². The summed E-state index contributed by atoms with van der Waals surface area (Å²) in [6, 6.07) is 22.0. The number of phenolic OH excluding ortho intramolecular Hbond substituents is 1. The third kappa shape index (κ3) is 2.08. The first kappa shape index (κ1) is 14.0. The van der Waals surface area contributed by atoms with E-state index in [9.17, 15) is 5.11 Å². The Morgan fingerprint density at radius 1 is 0.800 bits per heavy atom. The van der Waals surface area contributed by atoms with Gasteiger partial charge in [-0.2, -0.15) is 4.80 Å². The van der Waals surface area contributed by atoms with E-state index in [4.69, 9.17) is 5.10 Å². The van der Waals surface area contributed by atoms with Gasteiger partial charge in [0.05, 0.1) is 5.69 Å². The van der Waals surface area contributed by atoms with Crippen LogP contribution in [-0.2, 0) is 0 Å². The summed E-state index contributed by atoms with van der Waals surface area (Å²) in [4.78, 5) is 1.66. The summed E-state index contributed by atoms with van der Waals surface area (Å²) in [6.45, 7) is 1.90. The molecular formula is C21H15N3O. The van der Waals surface area contributed by atoms with Crippen LogP contribution in [-0.4, -0.2) is 20.1 Å². The molecule has 4 heteroatoms. The predicted molar refractivity (Wildman–Crippen MR) is 100 cm³/mol. The van der Waals surface area contributed by atoms with E-state index < -0.39 is 0 Å². The fourth-order valence-corrected chi connectivity index (χ4v) is 3.30. The van der Waals surface area contributed by atoms with Crippen LogP contribution in [0.25, 0.3) is 38.3 Å². The third-order valence-electron chi connectivity index (χ3n) is 4.68. The minimum Gasteiger partial charge on any atom is -0.507 e. The molecule has 0 aliphatic rings. The Morgan fingerprint density at radius 2 is 1.64 bits per heavy atom. The first-order valence-electron chi connectivity index (χ1n) is 8.18. The Kier molecular flexibility index (Phi) is 2.82. The van der Waals surface area contributed by atoms with E-state index in [-0.39, 0.29) is 0 Å². The smallest absolute Gasteiger partial charge is 0.126 e. The quantitative estimate of drug-likeness (QED) is 0.484. The summed E-state index contributed by atoms with van der Waals surface area (Å²) in [5.41, 5.74) is 3.50. The van der Waals surface area contributed by atoms with Crippen molar-refractivity contribution in [3.63, 3.8) is 0 Å². The van der Waals surface area contributed by atoms with Crippen LogP contribution in [0.1, 0.15) is 5.56 Å². The lowest BCUT2D eigenvalue weighted by Crippen LogP contribution is -1.98. The van der Waals surface area contributed by atoms with Gasteiger partial charge in [-0.3, -0.25) is 0 Å². The van der Waals surface area contributed by atoms with Crippen molar-refractivity contribution < 1.29 is 5.11 Å². The fraction of sp³-hybridized carbons (Fsp3) is 0.0476. The van der Waals surface area contributed by atoms with E-state index in [0.29, 0.717) is 5.75 Å². The van der Waals surface area contributed by atoms with Crippen LogP contribution in [0.4, 0.5) is 0 Å². The number of hydrogen-bond acceptors (Lipinski definition) is 3. The normalized spacial score (nSPS) is 11.6. The van der Waals surface area contributed by atoms with E-state index >= 15 is 0 Å². The molecule has 0 saturated carbocycles. The minimum atomic E-state index is 0.327. The average Bonchev–Trinajstić information content (AvgIpc) is 3.09. The monoisotopic (exact) mass is 325 g/mol.